The molecule has 2 aromatic rings. The first-order chi connectivity index (χ1) is 13.7. The minimum Gasteiger partial charge on any atom is -0.491 e. The molecule has 1 unspecified atom stereocenters. The maximum absolute atomic E-state index is 12.5. The van der Waals surface area contributed by atoms with Gasteiger partial charge in [-0.1, -0.05) is 48.5 Å². The highest BCUT2D eigenvalue weighted by atomic mass is 16.6. The fraction of sp³-hybridized carbons (Fsp3) is 0.400. The summed E-state index contributed by atoms with van der Waals surface area (Å²) in [5.41, 5.74) is 3.64. The van der Waals surface area contributed by atoms with Gasteiger partial charge in [-0.15, -0.1) is 0 Å². The lowest BCUT2D eigenvalue weighted by Gasteiger charge is -2.28. The topological polar surface area (TPSA) is 38.8 Å². The van der Waals surface area contributed by atoms with E-state index in [1.54, 1.807) is 4.90 Å². The standard InChI is InChI=1S/C25H31NO3/c1-18-13-14-23(22(16-18)19(2)20-10-7-6-8-11-20)28-17-21-12-9-15-26(21)24(27)29-25(3,4)5/h6-8,10-11,13-14,16,21H,2,9,12,15,17H2,1,3-5H3. The van der Waals surface area contributed by atoms with Crippen LogP contribution in [-0.2, 0) is 4.74 Å². The maximum Gasteiger partial charge on any atom is 0.410 e. The number of rotatable bonds is 5. The molecule has 0 aliphatic carbocycles. The van der Waals surface area contributed by atoms with Gasteiger partial charge in [0.05, 0.1) is 6.04 Å². The molecule has 4 heteroatoms. The highest BCUT2D eigenvalue weighted by Gasteiger charge is 2.32. The number of hydrogen-bond donors (Lipinski definition) is 0. The van der Waals surface area contributed by atoms with Gasteiger partial charge in [0.25, 0.3) is 0 Å². The van der Waals surface area contributed by atoms with Gasteiger partial charge >= 0.3 is 6.09 Å². The summed E-state index contributed by atoms with van der Waals surface area (Å²) in [5, 5.41) is 0. The van der Waals surface area contributed by atoms with Gasteiger partial charge in [-0.25, -0.2) is 4.79 Å². The molecule has 3 rings (SSSR count). The van der Waals surface area contributed by atoms with Crippen molar-refractivity contribution in [1.82, 2.24) is 4.90 Å². The van der Waals surface area contributed by atoms with Crippen molar-refractivity contribution >= 4 is 11.7 Å². The molecule has 1 saturated heterocycles. The van der Waals surface area contributed by atoms with Crippen LogP contribution in [0.5, 0.6) is 5.75 Å². The Morgan fingerprint density at radius 3 is 2.59 bits per heavy atom. The second-order valence-electron chi connectivity index (χ2n) is 8.62. The molecule has 0 saturated carbocycles. The lowest BCUT2D eigenvalue weighted by atomic mass is 9.97. The van der Waals surface area contributed by atoms with E-state index in [2.05, 4.69) is 31.7 Å². The number of nitrogens with zero attached hydrogens (tertiary/aromatic N) is 1. The average molecular weight is 394 g/mol. The predicted octanol–water partition coefficient (Wildman–Crippen LogP) is 5.83. The van der Waals surface area contributed by atoms with Crippen molar-refractivity contribution < 1.29 is 14.3 Å². The molecule has 154 valence electrons. The molecule has 1 aliphatic heterocycles. The number of benzene rings is 2. The molecule has 0 N–H and O–H groups in total. The van der Waals surface area contributed by atoms with Crippen molar-refractivity contribution in [2.24, 2.45) is 0 Å². The molecule has 0 aromatic heterocycles. The molecule has 2 aromatic carbocycles. The largest absolute Gasteiger partial charge is 0.491 e. The van der Waals surface area contributed by atoms with Gasteiger partial charge in [0.15, 0.2) is 0 Å². The zero-order valence-electron chi connectivity index (χ0n) is 17.9. The molecule has 1 amide bonds. The van der Waals surface area contributed by atoms with Crippen LogP contribution in [0, 0.1) is 6.92 Å². The summed E-state index contributed by atoms with van der Waals surface area (Å²) >= 11 is 0. The second kappa shape index (κ2) is 8.73. The van der Waals surface area contributed by atoms with Crippen LogP contribution in [0.4, 0.5) is 4.79 Å². The molecule has 1 aliphatic rings. The first-order valence-corrected chi connectivity index (χ1v) is 10.2. The predicted molar refractivity (Wildman–Crippen MR) is 117 cm³/mol. The summed E-state index contributed by atoms with van der Waals surface area (Å²) in [6, 6.07) is 16.3. The minimum atomic E-state index is -0.497. The number of amides is 1. The first kappa shape index (κ1) is 21.0. The third-order valence-corrected chi connectivity index (χ3v) is 5.02. The van der Waals surface area contributed by atoms with Crippen LogP contribution >= 0.6 is 0 Å². The van der Waals surface area contributed by atoms with Crippen LogP contribution in [0.3, 0.4) is 0 Å². The Kier molecular flexibility index (Phi) is 6.31. The summed E-state index contributed by atoms with van der Waals surface area (Å²) in [4.78, 5) is 14.3. The second-order valence-corrected chi connectivity index (χ2v) is 8.62. The summed E-state index contributed by atoms with van der Waals surface area (Å²) in [6.45, 7) is 13.2. The zero-order chi connectivity index (χ0) is 21.0. The molecule has 0 bridgehead atoms. The Morgan fingerprint density at radius 1 is 1.17 bits per heavy atom. The molecule has 1 heterocycles. The number of aryl methyl sites for hydroxylation is 1. The van der Waals surface area contributed by atoms with Gasteiger partial charge in [-0.05, 0) is 63.8 Å². The van der Waals surface area contributed by atoms with Crippen LogP contribution < -0.4 is 4.74 Å². The van der Waals surface area contributed by atoms with Gasteiger partial charge in [0.2, 0.25) is 0 Å². The normalized spacial score (nSPS) is 16.6. The van der Waals surface area contributed by atoms with Crippen LogP contribution in [0.25, 0.3) is 5.57 Å². The first-order valence-electron chi connectivity index (χ1n) is 10.2. The van der Waals surface area contributed by atoms with Crippen LogP contribution in [0.15, 0.2) is 55.1 Å². The highest BCUT2D eigenvalue weighted by molar-refractivity contribution is 5.81. The monoisotopic (exact) mass is 393 g/mol. The third kappa shape index (κ3) is 5.41. The smallest absolute Gasteiger partial charge is 0.410 e. The number of ether oxygens (including phenoxy) is 2. The van der Waals surface area contributed by atoms with Crippen LogP contribution in [-0.4, -0.2) is 35.8 Å². The fourth-order valence-corrected chi connectivity index (χ4v) is 3.56. The van der Waals surface area contributed by atoms with Crippen molar-refractivity contribution in [3.05, 3.63) is 71.8 Å². The molecule has 0 spiro atoms. The summed E-state index contributed by atoms with van der Waals surface area (Å²) in [5.74, 6) is 0.792. The van der Waals surface area contributed by atoms with E-state index in [0.29, 0.717) is 13.2 Å². The fourth-order valence-electron chi connectivity index (χ4n) is 3.56. The van der Waals surface area contributed by atoms with E-state index >= 15 is 0 Å². The Hall–Kier alpha value is -2.75. The van der Waals surface area contributed by atoms with Gasteiger partial charge < -0.3 is 14.4 Å². The van der Waals surface area contributed by atoms with Crippen molar-refractivity contribution in [2.45, 2.75) is 52.2 Å². The van der Waals surface area contributed by atoms with Crippen molar-refractivity contribution in [3.63, 3.8) is 0 Å². The zero-order valence-corrected chi connectivity index (χ0v) is 17.9. The molecule has 4 nitrogen and oxygen atoms in total. The van der Waals surface area contributed by atoms with Gasteiger partial charge in [0, 0.05) is 12.1 Å². The Labute approximate surface area is 174 Å². The van der Waals surface area contributed by atoms with Gasteiger partial charge in [0.1, 0.15) is 18.0 Å². The van der Waals surface area contributed by atoms with Gasteiger partial charge in [-0.3, -0.25) is 0 Å². The highest BCUT2D eigenvalue weighted by Crippen LogP contribution is 2.31. The van der Waals surface area contributed by atoms with E-state index in [9.17, 15) is 4.79 Å². The summed E-state index contributed by atoms with van der Waals surface area (Å²) < 4.78 is 11.8. The van der Waals surface area contributed by atoms with E-state index in [4.69, 9.17) is 9.47 Å². The molecule has 1 atom stereocenters. The molecular formula is C25H31NO3. The van der Waals surface area contributed by atoms with Crippen molar-refractivity contribution in [3.8, 4) is 5.75 Å². The minimum absolute atomic E-state index is 0.0176. The number of hydrogen-bond acceptors (Lipinski definition) is 3. The Bertz CT molecular complexity index is 867. The SMILES string of the molecule is C=C(c1ccccc1)c1cc(C)ccc1OCC1CCCN1C(=O)OC(C)(C)C. The van der Waals surface area contributed by atoms with E-state index < -0.39 is 5.60 Å². The van der Waals surface area contributed by atoms with E-state index in [0.717, 1.165) is 40.9 Å². The Balaban J connectivity index is 1.74. The molecule has 1 fully saturated rings. The number of likely N-dealkylation sites (tertiary alicyclic amines) is 1. The molecule has 0 radical (unpaired) electrons. The molecular weight excluding hydrogens is 362 g/mol. The van der Waals surface area contributed by atoms with Gasteiger partial charge in [-0.2, -0.15) is 0 Å². The van der Waals surface area contributed by atoms with Crippen molar-refractivity contribution in [2.75, 3.05) is 13.2 Å². The Morgan fingerprint density at radius 2 is 1.90 bits per heavy atom. The number of carbonyl (C=O) groups is 1. The van der Waals surface area contributed by atoms with E-state index in [1.807, 2.05) is 51.1 Å². The molecule has 29 heavy (non-hydrogen) atoms. The van der Waals surface area contributed by atoms with E-state index in [-0.39, 0.29) is 12.1 Å². The van der Waals surface area contributed by atoms with Crippen LogP contribution in [0.2, 0.25) is 0 Å². The summed E-state index contributed by atoms with van der Waals surface area (Å²) in [6.07, 6.45) is 1.62. The third-order valence-electron chi connectivity index (χ3n) is 5.02. The van der Waals surface area contributed by atoms with E-state index in [1.165, 1.54) is 0 Å². The number of carbonyl (C=O) groups excluding carboxylic acids is 1. The lowest BCUT2D eigenvalue weighted by Crippen LogP contribution is -2.42. The maximum atomic E-state index is 12.5. The average Bonchev–Trinajstić information content (AvgIpc) is 3.14. The van der Waals surface area contributed by atoms with Crippen LogP contribution in [0.1, 0.15) is 50.3 Å². The van der Waals surface area contributed by atoms with Crippen molar-refractivity contribution in [1.29, 1.82) is 0 Å². The quantitative estimate of drug-likeness (QED) is 0.641. The lowest BCUT2D eigenvalue weighted by molar-refractivity contribution is 0.0187. The summed E-state index contributed by atoms with van der Waals surface area (Å²) in [7, 11) is 0.